The molecule has 0 fully saturated rings. The number of halogens is 2. The quantitative estimate of drug-likeness (QED) is 0.236. The minimum absolute atomic E-state index is 0.102. The summed E-state index contributed by atoms with van der Waals surface area (Å²) < 4.78 is 27.0. The molecule has 2 aromatic rings. The van der Waals surface area contributed by atoms with Crippen LogP contribution in [-0.4, -0.2) is 31.8 Å². The van der Waals surface area contributed by atoms with Crippen molar-refractivity contribution in [3.63, 3.8) is 0 Å². The van der Waals surface area contributed by atoms with E-state index in [1.54, 1.807) is 6.07 Å². The van der Waals surface area contributed by atoms with Gasteiger partial charge in [0.2, 0.25) is 11.0 Å². The van der Waals surface area contributed by atoms with Crippen molar-refractivity contribution in [3.8, 4) is 0 Å². The third-order valence-corrected chi connectivity index (χ3v) is 3.97. The van der Waals surface area contributed by atoms with Crippen LogP contribution in [0, 0.1) is 10.1 Å². The molecular formula is C14H15F2N5O2S. The van der Waals surface area contributed by atoms with Crippen molar-refractivity contribution in [2.75, 3.05) is 5.75 Å². The lowest BCUT2D eigenvalue weighted by atomic mass is 10.2. The van der Waals surface area contributed by atoms with E-state index in [1.807, 2.05) is 6.92 Å². The van der Waals surface area contributed by atoms with Crippen molar-refractivity contribution in [3.05, 3.63) is 45.8 Å². The van der Waals surface area contributed by atoms with Crippen LogP contribution in [0.2, 0.25) is 0 Å². The molecule has 128 valence electrons. The van der Waals surface area contributed by atoms with Crippen LogP contribution in [0.5, 0.6) is 0 Å². The Labute approximate surface area is 140 Å². The third kappa shape index (κ3) is 4.57. The second kappa shape index (κ2) is 8.48. The van der Waals surface area contributed by atoms with Gasteiger partial charge >= 0.3 is 0 Å². The highest BCUT2D eigenvalue weighted by Crippen LogP contribution is 2.24. The first-order valence-electron chi connectivity index (χ1n) is 7.18. The summed E-state index contributed by atoms with van der Waals surface area (Å²) in [5.74, 6) is 0.153. The van der Waals surface area contributed by atoms with Gasteiger partial charge in [0, 0.05) is 23.4 Å². The third-order valence-electron chi connectivity index (χ3n) is 2.96. The van der Waals surface area contributed by atoms with Crippen molar-refractivity contribution in [1.82, 2.24) is 14.9 Å². The van der Waals surface area contributed by atoms with Crippen LogP contribution in [0.25, 0.3) is 0 Å². The maximum Gasteiger partial charge on any atom is 0.299 e. The zero-order valence-corrected chi connectivity index (χ0v) is 13.6. The molecule has 10 heteroatoms. The van der Waals surface area contributed by atoms with Gasteiger partial charge in [-0.1, -0.05) is 37.2 Å². The second-order valence-electron chi connectivity index (χ2n) is 4.75. The first-order valence-corrected chi connectivity index (χ1v) is 8.16. The van der Waals surface area contributed by atoms with Gasteiger partial charge in [-0.05, 0) is 6.42 Å². The number of nitrogens with zero attached hydrogens (tertiary/aromatic N) is 5. The summed E-state index contributed by atoms with van der Waals surface area (Å²) in [7, 11) is 0. The fourth-order valence-electron chi connectivity index (χ4n) is 1.76. The zero-order chi connectivity index (χ0) is 17.5. The number of aromatic nitrogens is 3. The number of alkyl halides is 2. The summed E-state index contributed by atoms with van der Waals surface area (Å²) in [6, 6.07) is 5.73. The predicted molar refractivity (Wildman–Crippen MR) is 86.7 cm³/mol. The maximum absolute atomic E-state index is 13.0. The van der Waals surface area contributed by atoms with Crippen molar-refractivity contribution < 1.29 is 13.7 Å². The molecule has 24 heavy (non-hydrogen) atoms. The molecule has 0 spiro atoms. The van der Waals surface area contributed by atoms with Crippen LogP contribution < -0.4 is 0 Å². The van der Waals surface area contributed by atoms with E-state index in [0.717, 1.165) is 17.5 Å². The Kier molecular flexibility index (Phi) is 6.36. The molecular weight excluding hydrogens is 340 g/mol. The molecule has 0 unspecified atom stereocenters. The van der Waals surface area contributed by atoms with E-state index < -0.39 is 17.2 Å². The number of nitro groups is 1. The number of hydrogen-bond acceptors (Lipinski definition) is 6. The minimum atomic E-state index is -2.82. The standard InChI is InChI=1S/C14H15F2N5O2S/c1-2-3-7-24-14-19-18-13(12(15)16)20(14)17-9-10-5-4-6-11(8-10)21(22)23/h4-6,8-9,12H,2-3,7H2,1H3. The van der Waals surface area contributed by atoms with Crippen LogP contribution in [-0.2, 0) is 0 Å². The molecule has 0 atom stereocenters. The molecule has 1 aromatic carbocycles. The molecule has 0 radical (unpaired) electrons. The van der Waals surface area contributed by atoms with E-state index in [4.69, 9.17) is 0 Å². The van der Waals surface area contributed by atoms with Gasteiger partial charge in [0.05, 0.1) is 11.1 Å². The summed E-state index contributed by atoms with van der Waals surface area (Å²) in [5.41, 5.74) is 0.317. The summed E-state index contributed by atoms with van der Waals surface area (Å²) >= 11 is 1.29. The van der Waals surface area contributed by atoms with E-state index >= 15 is 0 Å². The van der Waals surface area contributed by atoms with Gasteiger partial charge in [-0.2, -0.15) is 9.78 Å². The van der Waals surface area contributed by atoms with Crippen LogP contribution in [0.3, 0.4) is 0 Å². The number of thioether (sulfide) groups is 1. The Bertz CT molecular complexity index is 736. The summed E-state index contributed by atoms with van der Waals surface area (Å²) in [4.78, 5) is 10.2. The van der Waals surface area contributed by atoms with E-state index in [2.05, 4.69) is 15.3 Å². The molecule has 0 aliphatic rings. The predicted octanol–water partition coefficient (Wildman–Crippen LogP) is 3.90. The average molecular weight is 355 g/mol. The number of nitro benzene ring substituents is 1. The lowest BCUT2D eigenvalue weighted by Gasteiger charge is -2.03. The molecule has 2 rings (SSSR count). The van der Waals surface area contributed by atoms with Crippen LogP contribution in [0.1, 0.15) is 37.6 Å². The summed E-state index contributed by atoms with van der Waals surface area (Å²) in [6.07, 6.45) is 0.336. The van der Waals surface area contributed by atoms with Crippen molar-refractivity contribution in [2.45, 2.75) is 31.3 Å². The van der Waals surface area contributed by atoms with Gasteiger partial charge in [0.1, 0.15) is 0 Å². The van der Waals surface area contributed by atoms with Gasteiger partial charge in [-0.25, -0.2) is 8.78 Å². The molecule has 0 saturated carbocycles. The Balaban J connectivity index is 2.27. The van der Waals surface area contributed by atoms with E-state index in [9.17, 15) is 18.9 Å². The monoisotopic (exact) mass is 355 g/mol. The largest absolute Gasteiger partial charge is 0.299 e. The normalized spacial score (nSPS) is 11.5. The Morgan fingerprint density at radius 2 is 2.25 bits per heavy atom. The molecule has 0 amide bonds. The summed E-state index contributed by atoms with van der Waals surface area (Å²) in [6.45, 7) is 2.02. The first kappa shape index (κ1) is 18.0. The van der Waals surface area contributed by atoms with Gasteiger partial charge in [-0.15, -0.1) is 10.2 Å². The zero-order valence-electron chi connectivity index (χ0n) is 12.8. The lowest BCUT2D eigenvalue weighted by molar-refractivity contribution is -0.384. The lowest BCUT2D eigenvalue weighted by Crippen LogP contribution is -2.01. The molecule has 0 aliphatic carbocycles. The number of hydrogen-bond donors (Lipinski definition) is 0. The minimum Gasteiger partial charge on any atom is -0.258 e. The molecule has 0 saturated heterocycles. The van der Waals surface area contributed by atoms with E-state index in [0.29, 0.717) is 11.3 Å². The van der Waals surface area contributed by atoms with Gasteiger partial charge in [0.15, 0.2) is 0 Å². The second-order valence-corrected chi connectivity index (χ2v) is 5.81. The molecule has 1 heterocycles. The maximum atomic E-state index is 13.0. The number of non-ortho nitro benzene ring substituents is 1. The van der Waals surface area contributed by atoms with Crippen molar-refractivity contribution >= 4 is 23.7 Å². The molecule has 0 aliphatic heterocycles. The van der Waals surface area contributed by atoms with E-state index in [1.165, 1.54) is 36.2 Å². The molecule has 7 nitrogen and oxygen atoms in total. The highest BCUT2D eigenvalue weighted by atomic mass is 32.2. The van der Waals surface area contributed by atoms with Gasteiger partial charge in [0.25, 0.3) is 12.1 Å². The molecule has 0 N–H and O–H groups in total. The fourth-order valence-corrected chi connectivity index (χ4v) is 2.74. The van der Waals surface area contributed by atoms with Crippen LogP contribution in [0.4, 0.5) is 14.5 Å². The average Bonchev–Trinajstić information content (AvgIpc) is 2.96. The Morgan fingerprint density at radius 1 is 1.46 bits per heavy atom. The van der Waals surface area contributed by atoms with Gasteiger partial charge < -0.3 is 0 Å². The van der Waals surface area contributed by atoms with E-state index in [-0.39, 0.29) is 10.8 Å². The smallest absolute Gasteiger partial charge is 0.258 e. The summed E-state index contributed by atoms with van der Waals surface area (Å²) in [5, 5.41) is 22.2. The van der Waals surface area contributed by atoms with Gasteiger partial charge in [-0.3, -0.25) is 10.1 Å². The number of unbranched alkanes of at least 4 members (excludes halogenated alkanes) is 1. The highest BCUT2D eigenvalue weighted by molar-refractivity contribution is 7.99. The Morgan fingerprint density at radius 3 is 2.92 bits per heavy atom. The fraction of sp³-hybridized carbons (Fsp3) is 0.357. The van der Waals surface area contributed by atoms with Crippen LogP contribution in [0.15, 0.2) is 34.5 Å². The highest BCUT2D eigenvalue weighted by Gasteiger charge is 2.20. The molecule has 1 aromatic heterocycles. The molecule has 0 bridgehead atoms. The topological polar surface area (TPSA) is 86.2 Å². The number of benzene rings is 1. The Hall–Kier alpha value is -2.36. The van der Waals surface area contributed by atoms with Crippen molar-refractivity contribution in [1.29, 1.82) is 0 Å². The van der Waals surface area contributed by atoms with Crippen molar-refractivity contribution in [2.24, 2.45) is 5.10 Å². The first-order chi connectivity index (χ1) is 11.5. The SMILES string of the molecule is CCCCSc1nnc(C(F)F)n1N=Cc1cccc([N+](=O)[O-])c1. The van der Waals surface area contributed by atoms with Crippen LogP contribution >= 0.6 is 11.8 Å². The number of rotatable bonds is 8.